The molecule has 1 aliphatic heterocycles. The second-order valence-corrected chi connectivity index (χ2v) is 5.50. The number of fused-ring (bicyclic) bond motifs is 1. The van der Waals surface area contributed by atoms with Gasteiger partial charge in [-0.15, -0.1) is 0 Å². The van der Waals surface area contributed by atoms with E-state index < -0.39 is 0 Å². The lowest BCUT2D eigenvalue weighted by atomic mass is 9.97. The molecule has 3 heterocycles. The summed E-state index contributed by atoms with van der Waals surface area (Å²) >= 11 is 0. The van der Waals surface area contributed by atoms with Gasteiger partial charge in [0.15, 0.2) is 0 Å². The van der Waals surface area contributed by atoms with Crippen LogP contribution in [0.15, 0.2) is 30.6 Å². The number of likely N-dealkylation sites (tertiary alicyclic amines) is 1. The fraction of sp³-hybridized carbons (Fsp3) is 0.500. The van der Waals surface area contributed by atoms with E-state index in [2.05, 4.69) is 16.1 Å². The normalized spacial score (nSPS) is 17.2. The Balaban J connectivity index is 1.56. The van der Waals surface area contributed by atoms with Gasteiger partial charge in [0.2, 0.25) is 0 Å². The molecule has 5 nitrogen and oxygen atoms in total. The van der Waals surface area contributed by atoms with E-state index in [1.165, 1.54) is 0 Å². The number of carbonyl (C=O) groups is 1. The van der Waals surface area contributed by atoms with Crippen molar-refractivity contribution < 1.29 is 9.53 Å². The molecule has 0 aliphatic carbocycles. The summed E-state index contributed by atoms with van der Waals surface area (Å²) in [6.45, 7) is 5.03. The number of hydrogen-bond acceptors (Lipinski definition) is 4. The van der Waals surface area contributed by atoms with Crippen LogP contribution in [0.25, 0.3) is 5.65 Å². The zero-order valence-electron chi connectivity index (χ0n) is 12.4. The lowest BCUT2D eigenvalue weighted by Crippen LogP contribution is -2.36. The summed E-state index contributed by atoms with van der Waals surface area (Å²) in [5.74, 6) is 0.0344. The Kier molecular flexibility index (Phi) is 4.20. The number of hydrogen-bond donors (Lipinski definition) is 0. The van der Waals surface area contributed by atoms with Crippen LogP contribution in [0.3, 0.4) is 0 Å². The number of piperidine rings is 1. The molecule has 2 aromatic heterocycles. The molecule has 0 atom stereocenters. The maximum atomic E-state index is 11.7. The van der Waals surface area contributed by atoms with Crippen LogP contribution >= 0.6 is 0 Å². The zero-order valence-corrected chi connectivity index (χ0v) is 12.4. The van der Waals surface area contributed by atoms with Crippen molar-refractivity contribution in [2.45, 2.75) is 26.3 Å². The number of carbonyl (C=O) groups excluding carboxylic acids is 1. The van der Waals surface area contributed by atoms with Crippen molar-refractivity contribution in [1.82, 2.24) is 14.3 Å². The Morgan fingerprint density at radius 1 is 1.38 bits per heavy atom. The van der Waals surface area contributed by atoms with Crippen molar-refractivity contribution in [2.75, 3.05) is 19.7 Å². The molecule has 0 saturated carbocycles. The van der Waals surface area contributed by atoms with Crippen LogP contribution in [0.5, 0.6) is 0 Å². The van der Waals surface area contributed by atoms with Crippen LogP contribution in [0.2, 0.25) is 0 Å². The summed E-state index contributed by atoms with van der Waals surface area (Å²) in [6, 6.07) is 6.01. The van der Waals surface area contributed by atoms with Crippen LogP contribution in [0.4, 0.5) is 0 Å². The molecule has 0 spiro atoms. The number of aromatic nitrogens is 2. The van der Waals surface area contributed by atoms with Gasteiger partial charge in [0.1, 0.15) is 5.65 Å². The minimum atomic E-state index is -0.0371. The third-order valence-electron chi connectivity index (χ3n) is 4.01. The third-order valence-corrected chi connectivity index (χ3v) is 4.01. The van der Waals surface area contributed by atoms with Gasteiger partial charge in [0.25, 0.3) is 0 Å². The van der Waals surface area contributed by atoms with Gasteiger partial charge in [-0.3, -0.25) is 9.69 Å². The minimum absolute atomic E-state index is 0.0371. The SMILES string of the molecule is CCOC(=O)C1CCN(Cc2cn3ccccc3n2)CC1. The minimum Gasteiger partial charge on any atom is -0.466 e. The van der Waals surface area contributed by atoms with Gasteiger partial charge in [0.05, 0.1) is 18.2 Å². The number of imidazole rings is 1. The molecule has 0 N–H and O–H groups in total. The molecule has 0 unspecified atom stereocenters. The Hall–Kier alpha value is -1.88. The third kappa shape index (κ3) is 3.24. The number of nitrogens with zero attached hydrogens (tertiary/aromatic N) is 3. The van der Waals surface area contributed by atoms with Gasteiger partial charge in [-0.25, -0.2) is 4.98 Å². The maximum absolute atomic E-state index is 11.7. The van der Waals surface area contributed by atoms with Crippen molar-refractivity contribution in [3.63, 3.8) is 0 Å². The van der Waals surface area contributed by atoms with Crippen molar-refractivity contribution in [3.05, 3.63) is 36.3 Å². The van der Waals surface area contributed by atoms with Crippen molar-refractivity contribution in [2.24, 2.45) is 5.92 Å². The summed E-state index contributed by atoms with van der Waals surface area (Å²) in [7, 11) is 0. The van der Waals surface area contributed by atoms with Gasteiger partial charge in [-0.1, -0.05) is 6.07 Å². The van der Waals surface area contributed by atoms with E-state index in [4.69, 9.17) is 4.74 Å². The van der Waals surface area contributed by atoms with E-state index in [1.54, 1.807) is 0 Å². The second kappa shape index (κ2) is 6.26. The maximum Gasteiger partial charge on any atom is 0.309 e. The monoisotopic (exact) mass is 287 g/mol. The lowest BCUT2D eigenvalue weighted by molar-refractivity contribution is -0.149. The van der Waals surface area contributed by atoms with Gasteiger partial charge >= 0.3 is 5.97 Å². The molecular weight excluding hydrogens is 266 g/mol. The molecule has 1 fully saturated rings. The van der Waals surface area contributed by atoms with Crippen LogP contribution < -0.4 is 0 Å². The topological polar surface area (TPSA) is 46.8 Å². The molecule has 0 amide bonds. The number of esters is 1. The fourth-order valence-corrected chi connectivity index (χ4v) is 2.88. The van der Waals surface area contributed by atoms with Crippen LogP contribution in [-0.4, -0.2) is 40.0 Å². The number of pyridine rings is 1. The van der Waals surface area contributed by atoms with E-state index in [1.807, 2.05) is 35.7 Å². The molecule has 5 heteroatoms. The van der Waals surface area contributed by atoms with Crippen LogP contribution in [0, 0.1) is 5.92 Å². The van der Waals surface area contributed by atoms with E-state index in [0.29, 0.717) is 6.61 Å². The van der Waals surface area contributed by atoms with Crippen molar-refractivity contribution >= 4 is 11.6 Å². The highest BCUT2D eigenvalue weighted by molar-refractivity contribution is 5.72. The average Bonchev–Trinajstić information content (AvgIpc) is 2.90. The summed E-state index contributed by atoms with van der Waals surface area (Å²) in [4.78, 5) is 18.7. The number of ether oxygens (including phenoxy) is 1. The average molecular weight is 287 g/mol. The first kappa shape index (κ1) is 14.1. The molecule has 2 aromatic rings. The fourth-order valence-electron chi connectivity index (χ4n) is 2.88. The first-order valence-corrected chi connectivity index (χ1v) is 7.58. The molecular formula is C16H21N3O2. The summed E-state index contributed by atoms with van der Waals surface area (Å²) in [6.07, 6.45) is 5.85. The molecule has 0 bridgehead atoms. The molecule has 0 aromatic carbocycles. The highest BCUT2D eigenvalue weighted by Gasteiger charge is 2.26. The molecule has 1 saturated heterocycles. The molecule has 21 heavy (non-hydrogen) atoms. The second-order valence-electron chi connectivity index (χ2n) is 5.50. The van der Waals surface area contributed by atoms with Gasteiger partial charge in [-0.05, 0) is 45.0 Å². The van der Waals surface area contributed by atoms with Gasteiger partial charge < -0.3 is 9.14 Å². The van der Waals surface area contributed by atoms with E-state index >= 15 is 0 Å². The Morgan fingerprint density at radius 2 is 2.19 bits per heavy atom. The predicted molar refractivity (Wildman–Crippen MR) is 79.8 cm³/mol. The molecule has 0 radical (unpaired) electrons. The molecule has 3 rings (SSSR count). The highest BCUT2D eigenvalue weighted by Crippen LogP contribution is 2.20. The predicted octanol–water partition coefficient (Wildman–Crippen LogP) is 2.11. The van der Waals surface area contributed by atoms with E-state index in [9.17, 15) is 4.79 Å². The lowest BCUT2D eigenvalue weighted by Gasteiger charge is -2.30. The van der Waals surface area contributed by atoms with Crippen LogP contribution in [-0.2, 0) is 16.1 Å². The molecule has 112 valence electrons. The standard InChI is InChI=1S/C16H21N3O2/c1-2-21-16(20)13-6-9-18(10-7-13)11-14-12-19-8-4-3-5-15(19)17-14/h3-5,8,12-13H,2,6-7,9-11H2,1H3. The first-order chi connectivity index (χ1) is 10.3. The number of rotatable bonds is 4. The smallest absolute Gasteiger partial charge is 0.309 e. The molecule has 1 aliphatic rings. The Labute approximate surface area is 124 Å². The van der Waals surface area contributed by atoms with Crippen LogP contribution in [0.1, 0.15) is 25.5 Å². The summed E-state index contributed by atoms with van der Waals surface area (Å²) in [5.41, 5.74) is 2.06. The largest absolute Gasteiger partial charge is 0.466 e. The highest BCUT2D eigenvalue weighted by atomic mass is 16.5. The van der Waals surface area contributed by atoms with E-state index in [0.717, 1.165) is 43.8 Å². The Bertz CT molecular complexity index is 582. The quantitative estimate of drug-likeness (QED) is 0.808. The first-order valence-electron chi connectivity index (χ1n) is 7.58. The van der Waals surface area contributed by atoms with Crippen molar-refractivity contribution in [1.29, 1.82) is 0 Å². The Morgan fingerprint density at radius 3 is 2.90 bits per heavy atom. The van der Waals surface area contributed by atoms with E-state index in [-0.39, 0.29) is 11.9 Å². The summed E-state index contributed by atoms with van der Waals surface area (Å²) < 4.78 is 7.14. The summed E-state index contributed by atoms with van der Waals surface area (Å²) in [5, 5.41) is 0. The van der Waals surface area contributed by atoms with Gasteiger partial charge in [-0.2, -0.15) is 0 Å². The van der Waals surface area contributed by atoms with Crippen molar-refractivity contribution in [3.8, 4) is 0 Å². The van der Waals surface area contributed by atoms with Gasteiger partial charge in [0, 0.05) is 18.9 Å². The zero-order chi connectivity index (χ0) is 14.7.